The van der Waals surface area contributed by atoms with Crippen LogP contribution in [0.4, 0.5) is 14.5 Å². The van der Waals surface area contributed by atoms with Crippen molar-refractivity contribution in [1.82, 2.24) is 14.5 Å². The van der Waals surface area contributed by atoms with Crippen LogP contribution in [0.3, 0.4) is 0 Å². The Bertz CT molecular complexity index is 1370. The molecule has 0 amide bonds. The predicted molar refractivity (Wildman–Crippen MR) is 111 cm³/mol. The zero-order valence-corrected chi connectivity index (χ0v) is 15.8. The molecule has 3 heterocycles. The normalized spacial score (nSPS) is 12.8. The maximum atomic E-state index is 14.9. The largest absolute Gasteiger partial charge is 0.359 e. The first-order valence-electron chi connectivity index (χ1n) is 9.35. The van der Waals surface area contributed by atoms with Crippen molar-refractivity contribution < 1.29 is 8.78 Å². The molecule has 2 aromatic carbocycles. The number of hydrogen-bond acceptors (Lipinski definition) is 4. The van der Waals surface area contributed by atoms with Gasteiger partial charge in [0.1, 0.15) is 17.2 Å². The van der Waals surface area contributed by atoms with E-state index in [0.29, 0.717) is 28.6 Å². The van der Waals surface area contributed by atoms with Crippen LogP contribution in [0.2, 0.25) is 0 Å². The number of allylic oxidation sites excluding steroid dienone is 1. The molecular formula is C23H16F2N4O. The molecule has 30 heavy (non-hydrogen) atoms. The van der Waals surface area contributed by atoms with E-state index < -0.39 is 17.2 Å². The van der Waals surface area contributed by atoms with Gasteiger partial charge in [-0.15, -0.1) is 0 Å². The summed E-state index contributed by atoms with van der Waals surface area (Å²) in [5, 5.41) is 3.17. The average molecular weight is 402 g/mol. The van der Waals surface area contributed by atoms with Crippen LogP contribution in [-0.4, -0.2) is 14.5 Å². The molecule has 0 atom stereocenters. The van der Waals surface area contributed by atoms with Gasteiger partial charge in [0.15, 0.2) is 0 Å². The van der Waals surface area contributed by atoms with Crippen LogP contribution >= 0.6 is 0 Å². The van der Waals surface area contributed by atoms with Gasteiger partial charge in [-0.25, -0.2) is 13.8 Å². The molecule has 148 valence electrons. The van der Waals surface area contributed by atoms with Gasteiger partial charge in [0.05, 0.1) is 24.5 Å². The van der Waals surface area contributed by atoms with Crippen LogP contribution in [0, 0.1) is 11.6 Å². The summed E-state index contributed by atoms with van der Waals surface area (Å²) in [4.78, 5) is 20.3. The number of hydrogen-bond donors (Lipinski definition) is 1. The van der Waals surface area contributed by atoms with Gasteiger partial charge in [0.2, 0.25) is 0 Å². The Morgan fingerprint density at radius 1 is 1.07 bits per heavy atom. The number of fused-ring (bicyclic) bond motifs is 2. The molecule has 1 N–H and O–H groups in total. The average Bonchev–Trinajstić information content (AvgIpc) is 3.11. The number of anilines is 1. The molecule has 2 aromatic heterocycles. The Morgan fingerprint density at radius 2 is 1.87 bits per heavy atom. The van der Waals surface area contributed by atoms with Crippen molar-refractivity contribution >= 4 is 16.7 Å². The highest BCUT2D eigenvalue weighted by Crippen LogP contribution is 2.33. The Hall–Kier alpha value is -3.87. The standard InChI is InChI=1S/C23H16F2N4O/c1-13-6-16-7-14(2-3-20(16)28-13)15-8-18(24)17(19(25)9-15)12-29-22-4-5-26-10-21(22)27-11-23(29)30/h2-5,7-11,28H,1,6,12H2. The molecule has 0 spiro atoms. The van der Waals surface area contributed by atoms with Crippen molar-refractivity contribution in [2.75, 3.05) is 5.32 Å². The molecule has 0 unspecified atom stereocenters. The minimum Gasteiger partial charge on any atom is -0.359 e. The van der Waals surface area contributed by atoms with E-state index >= 15 is 0 Å². The summed E-state index contributed by atoms with van der Waals surface area (Å²) >= 11 is 0. The van der Waals surface area contributed by atoms with E-state index in [1.54, 1.807) is 6.07 Å². The van der Waals surface area contributed by atoms with Crippen LogP contribution in [0.5, 0.6) is 0 Å². The number of benzene rings is 2. The molecule has 0 aliphatic carbocycles. The zero-order valence-electron chi connectivity index (χ0n) is 15.8. The van der Waals surface area contributed by atoms with Gasteiger partial charge in [0.25, 0.3) is 5.56 Å². The molecule has 0 saturated carbocycles. The summed E-state index contributed by atoms with van der Waals surface area (Å²) in [7, 11) is 0. The smallest absolute Gasteiger partial charge is 0.269 e. The van der Waals surface area contributed by atoms with Crippen LogP contribution in [-0.2, 0) is 13.0 Å². The Kier molecular flexibility index (Phi) is 4.17. The highest BCUT2D eigenvalue weighted by Gasteiger charge is 2.17. The molecule has 1 aliphatic rings. The maximum Gasteiger partial charge on any atom is 0.269 e. The summed E-state index contributed by atoms with van der Waals surface area (Å²) in [6.07, 6.45) is 4.81. The molecule has 7 heteroatoms. The maximum absolute atomic E-state index is 14.9. The van der Waals surface area contributed by atoms with Gasteiger partial charge in [-0.05, 0) is 47.0 Å². The van der Waals surface area contributed by atoms with E-state index in [2.05, 4.69) is 21.9 Å². The Morgan fingerprint density at radius 3 is 2.67 bits per heavy atom. The number of nitrogens with zero attached hydrogens (tertiary/aromatic N) is 3. The van der Waals surface area contributed by atoms with Gasteiger partial charge < -0.3 is 9.88 Å². The molecule has 0 radical (unpaired) electrons. The van der Waals surface area contributed by atoms with Crippen LogP contribution in [0.25, 0.3) is 22.2 Å². The number of pyridine rings is 1. The number of halogens is 2. The molecule has 4 aromatic rings. The molecule has 5 nitrogen and oxygen atoms in total. The second-order valence-electron chi connectivity index (χ2n) is 7.24. The summed E-state index contributed by atoms with van der Waals surface area (Å²) in [5.74, 6) is -1.42. The van der Waals surface area contributed by atoms with E-state index in [9.17, 15) is 13.6 Å². The van der Waals surface area contributed by atoms with Crippen molar-refractivity contribution in [1.29, 1.82) is 0 Å². The third kappa shape index (κ3) is 3.04. The molecule has 1 aliphatic heterocycles. The monoisotopic (exact) mass is 402 g/mol. The van der Waals surface area contributed by atoms with Crippen molar-refractivity contribution in [3.05, 3.63) is 100 Å². The third-order valence-corrected chi connectivity index (χ3v) is 5.26. The highest BCUT2D eigenvalue weighted by atomic mass is 19.1. The SMILES string of the molecule is C=C1Cc2cc(-c3cc(F)c(Cn4c(=O)cnc5cnccc54)c(F)c3)ccc2N1. The lowest BCUT2D eigenvalue weighted by Gasteiger charge is -2.13. The first-order chi connectivity index (χ1) is 14.5. The quantitative estimate of drug-likeness (QED) is 0.556. The molecular weight excluding hydrogens is 386 g/mol. The van der Waals surface area contributed by atoms with Crippen LogP contribution < -0.4 is 10.9 Å². The minimum absolute atomic E-state index is 0.179. The van der Waals surface area contributed by atoms with E-state index in [4.69, 9.17) is 0 Å². The lowest BCUT2D eigenvalue weighted by Crippen LogP contribution is -2.22. The number of nitrogens with one attached hydrogen (secondary N) is 1. The van der Waals surface area contributed by atoms with Crippen LogP contribution in [0.15, 0.2) is 72.1 Å². The van der Waals surface area contributed by atoms with Gasteiger partial charge in [-0.1, -0.05) is 12.6 Å². The summed E-state index contributed by atoms with van der Waals surface area (Å²) in [6.45, 7) is 3.67. The molecule has 0 saturated heterocycles. The fraction of sp³-hybridized carbons (Fsp3) is 0.0870. The van der Waals surface area contributed by atoms with E-state index in [1.165, 1.54) is 29.1 Å². The summed E-state index contributed by atoms with van der Waals surface area (Å²) in [5.41, 5.74) is 4.35. The van der Waals surface area contributed by atoms with Gasteiger partial charge in [0, 0.05) is 29.6 Å². The van der Waals surface area contributed by atoms with Crippen molar-refractivity contribution in [2.24, 2.45) is 0 Å². The zero-order chi connectivity index (χ0) is 20.8. The third-order valence-electron chi connectivity index (χ3n) is 5.26. The Balaban J connectivity index is 1.55. The van der Waals surface area contributed by atoms with E-state index in [1.807, 2.05) is 18.2 Å². The molecule has 5 rings (SSSR count). The van der Waals surface area contributed by atoms with Gasteiger partial charge in [-0.3, -0.25) is 9.78 Å². The second kappa shape index (κ2) is 6.88. The van der Waals surface area contributed by atoms with Crippen LogP contribution in [0.1, 0.15) is 11.1 Å². The first kappa shape index (κ1) is 18.2. The van der Waals surface area contributed by atoms with Gasteiger partial charge in [-0.2, -0.15) is 0 Å². The molecule has 0 fully saturated rings. The Labute approximate surface area is 170 Å². The van der Waals surface area contributed by atoms with E-state index in [-0.39, 0.29) is 12.1 Å². The minimum atomic E-state index is -0.709. The number of aromatic nitrogens is 3. The van der Waals surface area contributed by atoms with Crippen molar-refractivity contribution in [2.45, 2.75) is 13.0 Å². The summed E-state index contributed by atoms with van der Waals surface area (Å²) < 4.78 is 31.2. The highest BCUT2D eigenvalue weighted by molar-refractivity contribution is 5.74. The predicted octanol–water partition coefficient (Wildman–Crippen LogP) is 4.27. The lowest BCUT2D eigenvalue weighted by molar-refractivity contribution is 0.545. The topological polar surface area (TPSA) is 59.8 Å². The molecule has 0 bridgehead atoms. The fourth-order valence-electron chi connectivity index (χ4n) is 3.77. The van der Waals surface area contributed by atoms with Crippen molar-refractivity contribution in [3.63, 3.8) is 0 Å². The lowest BCUT2D eigenvalue weighted by atomic mass is 9.99. The van der Waals surface area contributed by atoms with Gasteiger partial charge >= 0.3 is 0 Å². The van der Waals surface area contributed by atoms with E-state index in [0.717, 1.165) is 23.1 Å². The van der Waals surface area contributed by atoms with Crippen molar-refractivity contribution in [3.8, 4) is 11.1 Å². The number of rotatable bonds is 3. The first-order valence-corrected chi connectivity index (χ1v) is 9.35. The fourth-order valence-corrected chi connectivity index (χ4v) is 3.77. The second-order valence-corrected chi connectivity index (χ2v) is 7.24. The summed E-state index contributed by atoms with van der Waals surface area (Å²) in [6, 6.07) is 9.79.